The summed E-state index contributed by atoms with van der Waals surface area (Å²) in [6.45, 7) is 10.3. The number of aliphatic hydroxyl groups excluding tert-OH is 1. The summed E-state index contributed by atoms with van der Waals surface area (Å²) >= 11 is 0. The lowest BCUT2D eigenvalue weighted by atomic mass is 9.96. The molecule has 3 rings (SSSR count). The lowest BCUT2D eigenvalue weighted by Gasteiger charge is -2.18. The van der Waals surface area contributed by atoms with E-state index in [4.69, 9.17) is 20.4 Å². The molecule has 0 radical (unpaired) electrons. The van der Waals surface area contributed by atoms with Crippen LogP contribution >= 0.6 is 0 Å². The topological polar surface area (TPSA) is 211 Å². The summed E-state index contributed by atoms with van der Waals surface area (Å²) in [5.41, 5.74) is 5.16. The van der Waals surface area contributed by atoms with E-state index in [0.29, 0.717) is 12.2 Å². The Morgan fingerprint density at radius 2 is 1.55 bits per heavy atom. The van der Waals surface area contributed by atoms with Gasteiger partial charge in [0.05, 0.1) is 29.9 Å². The Labute approximate surface area is 230 Å². The van der Waals surface area contributed by atoms with Crippen LogP contribution in [0.2, 0.25) is 0 Å². The number of nitrogens with zero attached hydrogens (tertiary/aromatic N) is 2. The summed E-state index contributed by atoms with van der Waals surface area (Å²) in [4.78, 5) is 47.1. The molecule has 0 aliphatic carbocycles. The number of carbonyl (C=O) groups is 4. The monoisotopic (exact) mass is 558 g/mol. The van der Waals surface area contributed by atoms with Crippen molar-refractivity contribution in [3.8, 4) is 0 Å². The first-order chi connectivity index (χ1) is 18.6. The number of fused-ring (bicyclic) bond motifs is 1. The Bertz CT molecular complexity index is 1390. The van der Waals surface area contributed by atoms with Crippen molar-refractivity contribution in [2.45, 2.75) is 65.7 Å². The van der Waals surface area contributed by atoms with E-state index in [9.17, 15) is 24.3 Å². The average molecular weight is 559 g/mol. The number of hydrogen-bond donors (Lipinski definition) is 7. The number of hydrogen-bond acceptors (Lipinski definition) is 8. The van der Waals surface area contributed by atoms with Gasteiger partial charge in [-0.25, -0.2) is 9.78 Å². The number of aromatic nitrogens is 2. The number of aryl methyl sites for hydroxylation is 4. The van der Waals surface area contributed by atoms with Gasteiger partial charge in [-0.05, 0) is 57.4 Å². The van der Waals surface area contributed by atoms with E-state index in [-0.39, 0.29) is 0 Å². The van der Waals surface area contributed by atoms with Crippen molar-refractivity contribution in [3.63, 3.8) is 0 Å². The van der Waals surface area contributed by atoms with Crippen LogP contribution < -0.4 is 10.6 Å². The van der Waals surface area contributed by atoms with Crippen molar-refractivity contribution in [2.24, 2.45) is 0 Å². The fourth-order valence-electron chi connectivity index (χ4n) is 3.84. The number of benzene rings is 1. The quantitative estimate of drug-likeness (QED) is 0.192. The molecule has 40 heavy (non-hydrogen) atoms. The molecule has 0 aliphatic rings. The molecule has 1 aromatic carbocycles. The minimum atomic E-state index is -2.74. The second-order valence-corrected chi connectivity index (χ2v) is 9.49. The Morgan fingerprint density at radius 3 is 2.02 bits per heavy atom. The molecule has 2 heterocycles. The van der Waals surface area contributed by atoms with Crippen LogP contribution in [0.25, 0.3) is 5.65 Å². The van der Waals surface area contributed by atoms with Gasteiger partial charge in [0.25, 0.3) is 5.91 Å². The highest BCUT2D eigenvalue weighted by Crippen LogP contribution is 2.26. The summed E-state index contributed by atoms with van der Waals surface area (Å²) in [6, 6.07) is 8.11. The van der Waals surface area contributed by atoms with Crippen molar-refractivity contribution < 1.29 is 44.7 Å². The molecule has 1 amide bonds. The van der Waals surface area contributed by atoms with Gasteiger partial charge in [0.15, 0.2) is 11.2 Å². The first-order valence-electron chi connectivity index (χ1n) is 12.2. The smallest absolute Gasteiger partial charge is 0.336 e. The molecule has 216 valence electrons. The number of nitrogens with one attached hydrogen (secondary N) is 2. The van der Waals surface area contributed by atoms with Gasteiger partial charge in [0.1, 0.15) is 6.10 Å². The Kier molecular flexibility index (Phi) is 10.3. The molecule has 3 aromatic rings. The number of rotatable bonds is 10. The summed E-state index contributed by atoms with van der Waals surface area (Å²) in [7, 11) is 0. The van der Waals surface area contributed by atoms with E-state index in [1.807, 2.05) is 30.5 Å². The number of aliphatic hydroxyl groups is 2. The molecule has 13 nitrogen and oxygen atoms in total. The van der Waals surface area contributed by atoms with Gasteiger partial charge in [0, 0.05) is 18.4 Å². The van der Waals surface area contributed by atoms with Gasteiger partial charge in [-0.15, -0.1) is 0 Å². The maximum Gasteiger partial charge on any atom is 0.336 e. The maximum absolute atomic E-state index is 11.9. The van der Waals surface area contributed by atoms with Crippen LogP contribution in [0.4, 0.5) is 11.4 Å². The Morgan fingerprint density at radius 1 is 1.00 bits per heavy atom. The molecular weight excluding hydrogens is 524 g/mol. The second-order valence-electron chi connectivity index (χ2n) is 9.49. The van der Waals surface area contributed by atoms with Gasteiger partial charge in [-0.1, -0.05) is 18.2 Å². The van der Waals surface area contributed by atoms with Crippen LogP contribution in [-0.2, 0) is 25.7 Å². The highest BCUT2D eigenvalue weighted by molar-refractivity contribution is 5.94. The minimum Gasteiger partial charge on any atom is -0.481 e. The highest BCUT2D eigenvalue weighted by atomic mass is 16.4. The molecule has 0 bridgehead atoms. The van der Waals surface area contributed by atoms with Gasteiger partial charge in [-0.3, -0.25) is 14.4 Å². The molecule has 0 fully saturated rings. The Hall–Kier alpha value is -4.49. The van der Waals surface area contributed by atoms with E-state index in [2.05, 4.69) is 47.7 Å². The fourth-order valence-corrected chi connectivity index (χ4v) is 3.84. The van der Waals surface area contributed by atoms with Crippen molar-refractivity contribution in [1.29, 1.82) is 0 Å². The summed E-state index contributed by atoms with van der Waals surface area (Å²) in [5.74, 6) is -5.46. The van der Waals surface area contributed by atoms with Crippen molar-refractivity contribution in [3.05, 3.63) is 58.5 Å². The first-order valence-corrected chi connectivity index (χ1v) is 12.2. The molecule has 1 atom stereocenters. The van der Waals surface area contributed by atoms with Crippen LogP contribution in [0.15, 0.2) is 30.5 Å². The standard InChI is InChI=1S/C21H26N4O2.C6H8O7/c1-12-7-6-8-13(2)18(12)10-22-19-9-17(24-21(27)16(5)26)11-25-15(4)14(3)23-20(19)25;7-3(8)1-6(13,5(11)12)2-4(9)10/h6-9,11,16,22,26H,10H2,1-5H3,(H,24,27);13H,1-2H2,(H,7,8)(H,9,10)(H,11,12)/t16-;/m0./s1. The number of amides is 1. The largest absolute Gasteiger partial charge is 0.481 e. The average Bonchev–Trinajstić information content (AvgIpc) is 3.11. The van der Waals surface area contributed by atoms with E-state index in [1.165, 1.54) is 23.6 Å². The lowest BCUT2D eigenvalue weighted by Crippen LogP contribution is -2.42. The van der Waals surface area contributed by atoms with Crippen LogP contribution in [0.3, 0.4) is 0 Å². The van der Waals surface area contributed by atoms with Crippen LogP contribution in [0.1, 0.15) is 47.8 Å². The van der Waals surface area contributed by atoms with Gasteiger partial charge >= 0.3 is 17.9 Å². The number of pyridine rings is 1. The number of aliphatic carboxylic acids is 3. The van der Waals surface area contributed by atoms with Crippen LogP contribution in [0.5, 0.6) is 0 Å². The van der Waals surface area contributed by atoms with Crippen molar-refractivity contribution in [2.75, 3.05) is 10.6 Å². The predicted octanol–water partition coefficient (Wildman–Crippen LogP) is 2.25. The third kappa shape index (κ3) is 8.01. The number of carboxylic acid groups (broad SMARTS) is 3. The summed E-state index contributed by atoms with van der Waals surface area (Å²) in [6.07, 6.45) is -1.53. The molecule has 13 heteroatoms. The number of carboxylic acids is 3. The van der Waals surface area contributed by atoms with Gasteiger partial charge < -0.3 is 40.6 Å². The SMILES string of the molecule is Cc1cccc(C)c1CNc1cc(NC(=O)[C@H](C)O)cn2c(C)c(C)nc12.O=C(O)CC(O)(CC(=O)O)C(=O)O. The molecule has 0 aliphatic heterocycles. The summed E-state index contributed by atoms with van der Waals surface area (Å²) in [5, 5.41) is 49.5. The van der Waals surface area contributed by atoms with Crippen LogP contribution in [-0.4, -0.2) is 70.4 Å². The number of carbonyl (C=O) groups excluding carboxylic acids is 1. The highest BCUT2D eigenvalue weighted by Gasteiger charge is 2.40. The predicted molar refractivity (Wildman–Crippen MR) is 145 cm³/mol. The molecule has 0 saturated carbocycles. The second kappa shape index (κ2) is 13.0. The Balaban J connectivity index is 0.000000366. The lowest BCUT2D eigenvalue weighted by molar-refractivity contribution is -0.170. The third-order valence-corrected chi connectivity index (χ3v) is 6.23. The number of anilines is 2. The number of imidazole rings is 1. The third-order valence-electron chi connectivity index (χ3n) is 6.23. The van der Waals surface area contributed by atoms with Crippen molar-refractivity contribution in [1.82, 2.24) is 9.38 Å². The molecule has 2 aromatic heterocycles. The van der Waals surface area contributed by atoms with E-state index >= 15 is 0 Å². The molecule has 7 N–H and O–H groups in total. The zero-order valence-corrected chi connectivity index (χ0v) is 22.8. The van der Waals surface area contributed by atoms with Gasteiger partial charge in [0.2, 0.25) is 0 Å². The van der Waals surface area contributed by atoms with E-state index in [0.717, 1.165) is 22.7 Å². The minimum absolute atomic E-state index is 0.440. The zero-order chi connectivity index (χ0) is 30.4. The molecule has 0 unspecified atom stereocenters. The van der Waals surface area contributed by atoms with Crippen LogP contribution in [0, 0.1) is 27.7 Å². The van der Waals surface area contributed by atoms with E-state index in [1.54, 1.807) is 0 Å². The van der Waals surface area contributed by atoms with Crippen molar-refractivity contribution >= 4 is 40.8 Å². The normalized spacial score (nSPS) is 11.8. The van der Waals surface area contributed by atoms with E-state index < -0.39 is 48.4 Å². The first kappa shape index (κ1) is 31.7. The zero-order valence-electron chi connectivity index (χ0n) is 22.8. The molecule has 0 spiro atoms. The molecular formula is C27H34N4O9. The fraction of sp³-hybridized carbons (Fsp3) is 0.370. The summed E-state index contributed by atoms with van der Waals surface area (Å²) < 4.78 is 1.96. The van der Waals surface area contributed by atoms with Gasteiger partial charge in [-0.2, -0.15) is 0 Å². The maximum atomic E-state index is 11.9. The molecule has 0 saturated heterocycles.